The molecular weight excluding hydrogens is 310 g/mol. The number of hydrogen-bond donors (Lipinski definition) is 0. The quantitative estimate of drug-likeness (QED) is 0.691. The fourth-order valence-electron chi connectivity index (χ4n) is 2.42. The molecule has 0 amide bonds. The van der Waals surface area contributed by atoms with Crippen molar-refractivity contribution >= 4 is 22.1 Å². The Bertz CT molecular complexity index is 714. The highest BCUT2D eigenvalue weighted by Crippen LogP contribution is 2.30. The van der Waals surface area contributed by atoms with Crippen LogP contribution in [0.5, 0.6) is 0 Å². The van der Waals surface area contributed by atoms with Crippen molar-refractivity contribution in [2.45, 2.75) is 17.9 Å². The second-order valence-corrected chi connectivity index (χ2v) is 7.93. The van der Waals surface area contributed by atoms with Crippen LogP contribution >= 0.6 is 11.3 Å². The van der Waals surface area contributed by atoms with Crippen molar-refractivity contribution in [2.24, 2.45) is 0 Å². The molecular formula is C18H17NOS2. The summed E-state index contributed by atoms with van der Waals surface area (Å²) < 4.78 is 13.0. The highest BCUT2D eigenvalue weighted by atomic mass is 32.2. The zero-order valence-corrected chi connectivity index (χ0v) is 13.9. The third kappa shape index (κ3) is 3.51. The van der Waals surface area contributed by atoms with Gasteiger partial charge < -0.3 is 0 Å². The molecule has 2 aromatic carbocycles. The molecule has 22 heavy (non-hydrogen) atoms. The minimum atomic E-state index is -1.05. The first-order valence-corrected chi connectivity index (χ1v) is 9.32. The van der Waals surface area contributed by atoms with E-state index in [1.807, 2.05) is 73.8 Å². The second kappa shape index (κ2) is 6.99. The molecule has 3 aromatic rings. The van der Waals surface area contributed by atoms with E-state index in [2.05, 4.69) is 4.98 Å². The monoisotopic (exact) mass is 327 g/mol. The molecule has 2 nitrogen and oxygen atoms in total. The Kier molecular flexibility index (Phi) is 4.80. The van der Waals surface area contributed by atoms with Gasteiger partial charge in [-0.3, -0.25) is 4.21 Å². The molecule has 1 unspecified atom stereocenters. The molecule has 0 aliphatic rings. The molecule has 0 aliphatic heterocycles. The molecule has 1 atom stereocenters. The third-order valence-corrected chi connectivity index (χ3v) is 6.13. The van der Waals surface area contributed by atoms with Crippen LogP contribution in [0.1, 0.15) is 26.3 Å². The van der Waals surface area contributed by atoms with Gasteiger partial charge in [-0.05, 0) is 18.1 Å². The lowest BCUT2D eigenvalue weighted by Gasteiger charge is -2.17. The van der Waals surface area contributed by atoms with E-state index in [1.165, 1.54) is 0 Å². The average Bonchev–Trinajstić information content (AvgIpc) is 2.95. The number of benzene rings is 2. The molecule has 0 bridgehead atoms. The zero-order chi connectivity index (χ0) is 15.4. The van der Waals surface area contributed by atoms with Crippen molar-refractivity contribution in [1.29, 1.82) is 0 Å². The van der Waals surface area contributed by atoms with Crippen LogP contribution in [0.4, 0.5) is 0 Å². The summed E-state index contributed by atoms with van der Waals surface area (Å²) in [6.07, 6.45) is 1.84. The van der Waals surface area contributed by atoms with Gasteiger partial charge in [-0.1, -0.05) is 60.7 Å². The predicted molar refractivity (Wildman–Crippen MR) is 93.4 cm³/mol. The van der Waals surface area contributed by atoms with E-state index in [0.717, 1.165) is 21.0 Å². The van der Waals surface area contributed by atoms with Crippen LogP contribution in [0.15, 0.2) is 66.9 Å². The molecule has 0 aliphatic carbocycles. The van der Waals surface area contributed by atoms with Gasteiger partial charge in [0.25, 0.3) is 0 Å². The van der Waals surface area contributed by atoms with Crippen LogP contribution in [-0.2, 0) is 16.6 Å². The minimum absolute atomic E-state index is 0.119. The summed E-state index contributed by atoms with van der Waals surface area (Å²) >= 11 is 1.62. The summed E-state index contributed by atoms with van der Waals surface area (Å²) in [6.45, 7) is 2.02. The van der Waals surface area contributed by atoms with Gasteiger partial charge in [-0.2, -0.15) is 0 Å². The first-order valence-electron chi connectivity index (χ1n) is 7.12. The maximum Gasteiger partial charge on any atom is 0.105 e. The molecule has 0 spiro atoms. The van der Waals surface area contributed by atoms with Gasteiger partial charge in [0.1, 0.15) is 5.01 Å². The van der Waals surface area contributed by atoms with Crippen molar-refractivity contribution in [3.05, 3.63) is 87.9 Å². The van der Waals surface area contributed by atoms with Crippen LogP contribution in [0.2, 0.25) is 0 Å². The van der Waals surface area contributed by atoms with E-state index in [4.69, 9.17) is 0 Å². The highest BCUT2D eigenvalue weighted by Gasteiger charge is 2.22. The van der Waals surface area contributed by atoms with Crippen molar-refractivity contribution < 1.29 is 4.21 Å². The fourth-order valence-corrected chi connectivity index (χ4v) is 5.00. The van der Waals surface area contributed by atoms with Crippen LogP contribution in [0, 0.1) is 6.92 Å². The maximum absolute atomic E-state index is 13.0. The lowest BCUT2D eigenvalue weighted by molar-refractivity contribution is 0.677. The van der Waals surface area contributed by atoms with E-state index < -0.39 is 10.8 Å². The van der Waals surface area contributed by atoms with Gasteiger partial charge in [0.2, 0.25) is 0 Å². The van der Waals surface area contributed by atoms with E-state index in [9.17, 15) is 4.21 Å². The summed E-state index contributed by atoms with van der Waals surface area (Å²) in [5, 5.41) is 0.819. The Balaban J connectivity index is 1.93. The van der Waals surface area contributed by atoms with Crippen molar-refractivity contribution in [1.82, 2.24) is 4.98 Å². The normalized spacial score (nSPS) is 12.5. The average molecular weight is 327 g/mol. The number of aryl methyl sites for hydroxylation is 1. The molecule has 1 heterocycles. The Morgan fingerprint density at radius 1 is 1.00 bits per heavy atom. The van der Waals surface area contributed by atoms with Crippen molar-refractivity contribution in [2.75, 3.05) is 0 Å². The van der Waals surface area contributed by atoms with Crippen molar-refractivity contribution in [3.8, 4) is 0 Å². The van der Waals surface area contributed by atoms with E-state index >= 15 is 0 Å². The van der Waals surface area contributed by atoms with E-state index in [-0.39, 0.29) is 5.25 Å². The largest absolute Gasteiger partial charge is 0.258 e. The molecule has 0 saturated heterocycles. The molecule has 4 heteroatoms. The molecule has 1 aromatic heterocycles. The Hall–Kier alpha value is -1.78. The lowest BCUT2D eigenvalue weighted by atomic mass is 10.0. The molecule has 0 radical (unpaired) electrons. The summed E-state index contributed by atoms with van der Waals surface area (Å²) in [4.78, 5) is 5.51. The lowest BCUT2D eigenvalue weighted by Crippen LogP contribution is -2.10. The van der Waals surface area contributed by atoms with Crippen LogP contribution in [0.3, 0.4) is 0 Å². The summed E-state index contributed by atoms with van der Waals surface area (Å²) in [7, 11) is -1.05. The third-order valence-electron chi connectivity index (χ3n) is 3.40. The zero-order valence-electron chi connectivity index (χ0n) is 12.3. The maximum atomic E-state index is 13.0. The number of aromatic nitrogens is 1. The first kappa shape index (κ1) is 15.1. The minimum Gasteiger partial charge on any atom is -0.258 e. The van der Waals surface area contributed by atoms with E-state index in [0.29, 0.717) is 5.75 Å². The Morgan fingerprint density at radius 3 is 2.00 bits per heavy atom. The second-order valence-electron chi connectivity index (χ2n) is 5.09. The SMILES string of the molecule is Cc1cnc(CS(=O)C(c2ccccc2)c2ccccc2)s1. The molecule has 3 rings (SSSR count). The van der Waals surface area contributed by atoms with Crippen LogP contribution in [0.25, 0.3) is 0 Å². The van der Waals surface area contributed by atoms with Gasteiger partial charge in [0, 0.05) is 21.9 Å². The summed E-state index contributed by atoms with van der Waals surface area (Å²) in [6, 6.07) is 20.1. The fraction of sp³-hybridized carbons (Fsp3) is 0.167. The Morgan fingerprint density at radius 2 is 1.55 bits per heavy atom. The number of nitrogens with zero attached hydrogens (tertiary/aromatic N) is 1. The highest BCUT2D eigenvalue weighted by molar-refractivity contribution is 7.84. The standard InChI is InChI=1S/C18H17NOS2/c1-14-12-19-17(21-14)13-22(20)18(15-8-4-2-5-9-15)16-10-6-3-7-11-16/h2-12,18H,13H2,1H3. The summed E-state index contributed by atoms with van der Waals surface area (Å²) in [5.41, 5.74) is 2.17. The van der Waals surface area contributed by atoms with Gasteiger partial charge in [-0.25, -0.2) is 4.98 Å². The number of rotatable bonds is 5. The molecule has 0 fully saturated rings. The van der Waals surface area contributed by atoms with Gasteiger partial charge >= 0.3 is 0 Å². The van der Waals surface area contributed by atoms with Crippen LogP contribution < -0.4 is 0 Å². The molecule has 0 N–H and O–H groups in total. The number of thiazole rings is 1. The first-order chi connectivity index (χ1) is 10.7. The van der Waals surface area contributed by atoms with E-state index in [1.54, 1.807) is 11.3 Å². The molecule has 0 saturated carbocycles. The van der Waals surface area contributed by atoms with Gasteiger partial charge in [0.15, 0.2) is 0 Å². The van der Waals surface area contributed by atoms with Gasteiger partial charge in [0.05, 0.1) is 11.0 Å². The Labute approximate surface area is 137 Å². The van der Waals surface area contributed by atoms with Crippen LogP contribution in [-0.4, -0.2) is 9.19 Å². The summed E-state index contributed by atoms with van der Waals surface area (Å²) in [5.74, 6) is 0.493. The number of hydrogen-bond acceptors (Lipinski definition) is 3. The molecule has 112 valence electrons. The topological polar surface area (TPSA) is 30.0 Å². The smallest absolute Gasteiger partial charge is 0.105 e. The predicted octanol–water partition coefficient (Wildman–Crippen LogP) is 4.49. The van der Waals surface area contributed by atoms with Gasteiger partial charge in [-0.15, -0.1) is 11.3 Å². The van der Waals surface area contributed by atoms with Crippen molar-refractivity contribution in [3.63, 3.8) is 0 Å².